The standard InChI is InChI=1S/C24H32O8/c1-16(25)30-18(3)32-24(29-4,31-17(2)26)22-12-8-11-20(15-22)14-21(23(27)28)13-19-9-6-5-7-10-19/h8,11-12,14-15,18-19H,5-7,9-10,13H2,1-4H3,(H,27,28)/b21-14+. The fourth-order valence-corrected chi connectivity index (χ4v) is 3.95. The molecule has 1 aliphatic carbocycles. The van der Waals surface area contributed by atoms with Crippen LogP contribution in [0, 0.1) is 5.92 Å². The third-order valence-corrected chi connectivity index (χ3v) is 5.29. The van der Waals surface area contributed by atoms with E-state index in [-0.39, 0.29) is 0 Å². The Morgan fingerprint density at radius 1 is 1.16 bits per heavy atom. The van der Waals surface area contributed by atoms with Crippen molar-refractivity contribution in [3.8, 4) is 0 Å². The van der Waals surface area contributed by atoms with Gasteiger partial charge in [-0.25, -0.2) is 4.79 Å². The summed E-state index contributed by atoms with van der Waals surface area (Å²) in [6.45, 7) is 3.89. The molecule has 0 bridgehead atoms. The second kappa shape index (κ2) is 11.8. The molecule has 2 unspecified atom stereocenters. The molecule has 0 radical (unpaired) electrons. The molecule has 0 spiro atoms. The van der Waals surface area contributed by atoms with Crippen LogP contribution < -0.4 is 0 Å². The van der Waals surface area contributed by atoms with Crippen molar-refractivity contribution in [1.29, 1.82) is 0 Å². The van der Waals surface area contributed by atoms with Crippen LogP contribution in [0.15, 0.2) is 29.8 Å². The zero-order valence-corrected chi connectivity index (χ0v) is 19.1. The molecule has 0 saturated heterocycles. The van der Waals surface area contributed by atoms with E-state index in [9.17, 15) is 19.5 Å². The second-order valence-electron chi connectivity index (χ2n) is 7.96. The van der Waals surface area contributed by atoms with Gasteiger partial charge in [0.05, 0.1) is 5.56 Å². The lowest BCUT2D eigenvalue weighted by molar-refractivity contribution is -0.399. The summed E-state index contributed by atoms with van der Waals surface area (Å²) in [5.41, 5.74) is 1.22. The predicted molar refractivity (Wildman–Crippen MR) is 116 cm³/mol. The van der Waals surface area contributed by atoms with E-state index in [1.54, 1.807) is 30.3 Å². The lowest BCUT2D eigenvalue weighted by Crippen LogP contribution is -2.40. The first kappa shape index (κ1) is 25.5. The Morgan fingerprint density at radius 2 is 1.84 bits per heavy atom. The van der Waals surface area contributed by atoms with E-state index in [2.05, 4.69) is 0 Å². The van der Waals surface area contributed by atoms with Gasteiger partial charge in [-0.3, -0.25) is 14.3 Å². The van der Waals surface area contributed by atoms with Gasteiger partial charge < -0.3 is 19.3 Å². The van der Waals surface area contributed by atoms with E-state index in [4.69, 9.17) is 18.9 Å². The van der Waals surface area contributed by atoms with Gasteiger partial charge in [-0.15, -0.1) is 0 Å². The van der Waals surface area contributed by atoms with E-state index in [1.807, 2.05) is 0 Å². The summed E-state index contributed by atoms with van der Waals surface area (Å²) in [4.78, 5) is 34.9. The normalized spacial score (nSPS) is 17.8. The minimum atomic E-state index is -1.97. The lowest BCUT2D eigenvalue weighted by atomic mass is 9.84. The van der Waals surface area contributed by atoms with Gasteiger partial charge in [-0.05, 0) is 43.0 Å². The number of hydrogen-bond acceptors (Lipinski definition) is 7. The van der Waals surface area contributed by atoms with Gasteiger partial charge in [0.1, 0.15) is 0 Å². The number of carbonyl (C=O) groups is 3. The summed E-state index contributed by atoms with van der Waals surface area (Å²) in [7, 11) is 1.29. The van der Waals surface area contributed by atoms with Crippen LogP contribution >= 0.6 is 0 Å². The Bertz CT molecular complexity index is 840. The SMILES string of the molecule is COC(OC(C)=O)(OC(C)OC(C)=O)c1cccc(/C=C(\CC2CCCCC2)C(=O)O)c1. The number of rotatable bonds is 10. The fourth-order valence-electron chi connectivity index (χ4n) is 3.95. The molecule has 1 N–H and O–H groups in total. The molecule has 176 valence electrons. The summed E-state index contributed by atoms with van der Waals surface area (Å²) in [5.74, 6) is -3.82. The van der Waals surface area contributed by atoms with E-state index in [0.29, 0.717) is 29.0 Å². The van der Waals surface area contributed by atoms with Crippen LogP contribution in [0.2, 0.25) is 0 Å². The third kappa shape index (κ3) is 7.46. The van der Waals surface area contributed by atoms with E-state index < -0.39 is 30.2 Å². The summed E-state index contributed by atoms with van der Waals surface area (Å²) >= 11 is 0. The van der Waals surface area contributed by atoms with Crippen molar-refractivity contribution in [2.45, 2.75) is 71.6 Å². The average Bonchev–Trinajstić information content (AvgIpc) is 2.72. The molecule has 32 heavy (non-hydrogen) atoms. The predicted octanol–water partition coefficient (Wildman–Crippen LogP) is 4.37. The summed E-state index contributed by atoms with van der Waals surface area (Å²) in [6, 6.07) is 6.66. The highest BCUT2D eigenvalue weighted by molar-refractivity contribution is 5.92. The second-order valence-corrected chi connectivity index (χ2v) is 7.96. The quantitative estimate of drug-likeness (QED) is 0.319. The Morgan fingerprint density at radius 3 is 2.41 bits per heavy atom. The van der Waals surface area contributed by atoms with Crippen LogP contribution in [0.4, 0.5) is 0 Å². The first-order chi connectivity index (χ1) is 15.1. The number of ether oxygens (including phenoxy) is 4. The molecular formula is C24H32O8. The molecule has 1 saturated carbocycles. The number of benzene rings is 1. The number of aliphatic carboxylic acids is 1. The highest BCUT2D eigenvalue weighted by Crippen LogP contribution is 2.33. The maximum atomic E-state index is 11.9. The molecule has 8 nitrogen and oxygen atoms in total. The van der Waals surface area contributed by atoms with Crippen LogP contribution in [-0.2, 0) is 39.3 Å². The molecule has 0 aromatic heterocycles. The maximum absolute atomic E-state index is 11.9. The molecule has 1 aromatic rings. The van der Waals surface area contributed by atoms with Crippen LogP contribution in [0.5, 0.6) is 0 Å². The first-order valence-corrected chi connectivity index (χ1v) is 10.8. The Balaban J connectivity index is 2.37. The molecule has 0 heterocycles. The number of carboxylic acids is 1. The zero-order valence-electron chi connectivity index (χ0n) is 19.1. The molecular weight excluding hydrogens is 416 g/mol. The summed E-state index contributed by atoms with van der Waals surface area (Å²) in [5, 5.41) is 9.73. The summed E-state index contributed by atoms with van der Waals surface area (Å²) < 4.78 is 21.4. The Labute approximate surface area is 188 Å². The third-order valence-electron chi connectivity index (χ3n) is 5.29. The van der Waals surface area contributed by atoms with Crippen molar-refractivity contribution in [1.82, 2.24) is 0 Å². The van der Waals surface area contributed by atoms with Gasteiger partial charge in [0.25, 0.3) is 0 Å². The minimum absolute atomic E-state index is 0.311. The van der Waals surface area contributed by atoms with Gasteiger partial charge in [-0.1, -0.05) is 44.2 Å². The van der Waals surface area contributed by atoms with Gasteiger partial charge in [-0.2, -0.15) is 0 Å². The van der Waals surface area contributed by atoms with E-state index in [1.165, 1.54) is 34.3 Å². The van der Waals surface area contributed by atoms with Crippen LogP contribution in [0.25, 0.3) is 6.08 Å². The molecule has 1 fully saturated rings. The molecule has 1 aliphatic rings. The van der Waals surface area contributed by atoms with Crippen LogP contribution in [0.3, 0.4) is 0 Å². The number of methoxy groups -OCH3 is 1. The molecule has 8 heteroatoms. The van der Waals surface area contributed by atoms with Crippen molar-refractivity contribution < 1.29 is 38.4 Å². The van der Waals surface area contributed by atoms with Crippen LogP contribution in [0.1, 0.15) is 70.4 Å². The molecule has 1 aromatic carbocycles. The summed E-state index contributed by atoms with van der Waals surface area (Å²) in [6.07, 6.45) is 6.56. The highest BCUT2D eigenvalue weighted by atomic mass is 16.9. The van der Waals surface area contributed by atoms with E-state index >= 15 is 0 Å². The van der Waals surface area contributed by atoms with Gasteiger partial charge in [0, 0.05) is 26.5 Å². The van der Waals surface area contributed by atoms with Crippen molar-refractivity contribution in [2.24, 2.45) is 5.92 Å². The average molecular weight is 449 g/mol. The smallest absolute Gasteiger partial charge is 0.361 e. The van der Waals surface area contributed by atoms with Crippen molar-refractivity contribution >= 4 is 24.0 Å². The topological polar surface area (TPSA) is 108 Å². The minimum Gasteiger partial charge on any atom is -0.478 e. The first-order valence-electron chi connectivity index (χ1n) is 10.8. The molecule has 2 rings (SSSR count). The highest BCUT2D eigenvalue weighted by Gasteiger charge is 2.40. The van der Waals surface area contributed by atoms with Crippen molar-refractivity contribution in [3.05, 3.63) is 41.0 Å². The number of esters is 2. The Hall–Kier alpha value is -2.71. The molecule has 0 amide bonds. The van der Waals surface area contributed by atoms with Gasteiger partial charge in [0.15, 0.2) is 0 Å². The largest absolute Gasteiger partial charge is 0.478 e. The van der Waals surface area contributed by atoms with Crippen molar-refractivity contribution in [2.75, 3.05) is 7.11 Å². The van der Waals surface area contributed by atoms with Crippen LogP contribution in [-0.4, -0.2) is 36.4 Å². The lowest BCUT2D eigenvalue weighted by Gasteiger charge is -2.33. The van der Waals surface area contributed by atoms with Crippen molar-refractivity contribution in [3.63, 3.8) is 0 Å². The van der Waals surface area contributed by atoms with Gasteiger partial charge >= 0.3 is 23.9 Å². The maximum Gasteiger partial charge on any atom is 0.361 e. The van der Waals surface area contributed by atoms with Gasteiger partial charge in [0.2, 0.25) is 6.29 Å². The monoisotopic (exact) mass is 448 g/mol. The number of carboxylic acid groups (broad SMARTS) is 1. The fraction of sp³-hybridized carbons (Fsp3) is 0.542. The Kier molecular flexibility index (Phi) is 9.41. The molecule has 0 aliphatic heterocycles. The number of carbonyl (C=O) groups excluding carboxylic acids is 2. The molecule has 2 atom stereocenters. The number of hydrogen-bond donors (Lipinski definition) is 1. The van der Waals surface area contributed by atoms with E-state index in [0.717, 1.165) is 25.7 Å². The zero-order chi connectivity index (χ0) is 23.7.